The van der Waals surface area contributed by atoms with E-state index >= 15 is 0 Å². The Morgan fingerprint density at radius 3 is 2.95 bits per heavy atom. The maximum atomic E-state index is 12.5. The molecule has 0 saturated carbocycles. The number of nitrogens with one attached hydrogen (secondary N) is 2. The van der Waals surface area contributed by atoms with Crippen molar-refractivity contribution in [1.29, 1.82) is 0 Å². The van der Waals surface area contributed by atoms with E-state index in [4.69, 9.17) is 5.84 Å². The van der Waals surface area contributed by atoms with E-state index in [2.05, 4.69) is 15.7 Å². The summed E-state index contributed by atoms with van der Waals surface area (Å²) in [6.45, 7) is 0.989. The van der Waals surface area contributed by atoms with Crippen LogP contribution in [0.25, 0.3) is 10.9 Å². The fraction of sp³-hybridized carbons (Fsp3) is 0.214. The highest BCUT2D eigenvalue weighted by Crippen LogP contribution is 2.22. The van der Waals surface area contributed by atoms with Gasteiger partial charge in [-0.2, -0.15) is 0 Å². The standard InChI is InChI=1S/C14H15N5O2/c15-18-11-7-12(17-10-4-2-1-3-9(10)11)14(21)19-6-5-16-13(20)8-19/h1-4,7H,5-6,8,15H2,(H,16,20)(H,17,18). The molecule has 2 amide bonds. The number of carbonyl (C=O) groups is 2. The molecule has 0 bridgehead atoms. The first-order valence-corrected chi connectivity index (χ1v) is 6.61. The first-order chi connectivity index (χ1) is 10.2. The molecule has 0 radical (unpaired) electrons. The summed E-state index contributed by atoms with van der Waals surface area (Å²) in [5.41, 5.74) is 4.17. The van der Waals surface area contributed by atoms with Gasteiger partial charge >= 0.3 is 0 Å². The molecule has 1 aliphatic rings. The number of amides is 2. The topological polar surface area (TPSA) is 100 Å². The quantitative estimate of drug-likeness (QED) is 0.536. The predicted molar refractivity (Wildman–Crippen MR) is 78.5 cm³/mol. The van der Waals surface area contributed by atoms with Gasteiger partial charge < -0.3 is 15.6 Å². The summed E-state index contributed by atoms with van der Waals surface area (Å²) in [5.74, 6) is 5.09. The molecule has 7 heteroatoms. The molecule has 1 fully saturated rings. The highest BCUT2D eigenvalue weighted by molar-refractivity contribution is 6.01. The lowest BCUT2D eigenvalue weighted by Crippen LogP contribution is -2.50. The molecule has 0 atom stereocenters. The molecular weight excluding hydrogens is 270 g/mol. The van der Waals surface area contributed by atoms with Crippen molar-refractivity contribution in [1.82, 2.24) is 15.2 Å². The molecule has 0 unspecified atom stereocenters. The summed E-state index contributed by atoms with van der Waals surface area (Å²) in [7, 11) is 0. The number of benzene rings is 1. The van der Waals surface area contributed by atoms with Gasteiger partial charge in [0.1, 0.15) is 5.69 Å². The molecule has 1 saturated heterocycles. The lowest BCUT2D eigenvalue weighted by atomic mass is 10.1. The summed E-state index contributed by atoms with van der Waals surface area (Å²) in [6.07, 6.45) is 0. The van der Waals surface area contributed by atoms with Gasteiger partial charge in [-0.05, 0) is 12.1 Å². The van der Waals surface area contributed by atoms with Gasteiger partial charge in [0.25, 0.3) is 5.91 Å². The third-order valence-corrected chi connectivity index (χ3v) is 3.42. The fourth-order valence-electron chi connectivity index (χ4n) is 2.38. The van der Waals surface area contributed by atoms with Crippen LogP contribution in [0.15, 0.2) is 30.3 Å². The number of nitrogen functional groups attached to an aromatic ring is 1. The minimum atomic E-state index is -0.271. The van der Waals surface area contributed by atoms with E-state index in [0.29, 0.717) is 24.3 Å². The predicted octanol–water partition coefficient (Wildman–Crippen LogP) is 0.0924. The summed E-state index contributed by atoms with van der Waals surface area (Å²) >= 11 is 0. The van der Waals surface area contributed by atoms with Crippen LogP contribution in [0, 0.1) is 0 Å². The zero-order valence-electron chi connectivity index (χ0n) is 11.3. The maximum absolute atomic E-state index is 12.5. The first kappa shape index (κ1) is 13.3. The van der Waals surface area contributed by atoms with E-state index in [0.717, 1.165) is 5.39 Å². The Morgan fingerprint density at radius 2 is 2.19 bits per heavy atom. The lowest BCUT2D eigenvalue weighted by molar-refractivity contribution is -0.123. The number of hydrazine groups is 1. The number of carbonyl (C=O) groups excluding carboxylic acids is 2. The minimum Gasteiger partial charge on any atom is -0.353 e. The SMILES string of the molecule is NNc1cc(C(=O)N2CCNC(=O)C2)nc2ccccc12. The summed E-state index contributed by atoms with van der Waals surface area (Å²) < 4.78 is 0. The maximum Gasteiger partial charge on any atom is 0.273 e. The Balaban J connectivity index is 1.99. The van der Waals surface area contributed by atoms with Crippen LogP contribution in [0.3, 0.4) is 0 Å². The van der Waals surface area contributed by atoms with Gasteiger partial charge in [-0.15, -0.1) is 0 Å². The number of anilines is 1. The van der Waals surface area contributed by atoms with Crippen LogP contribution in [0.2, 0.25) is 0 Å². The zero-order chi connectivity index (χ0) is 14.8. The van der Waals surface area contributed by atoms with Crippen molar-refractivity contribution in [2.75, 3.05) is 25.1 Å². The molecule has 21 heavy (non-hydrogen) atoms. The van der Waals surface area contributed by atoms with E-state index in [1.54, 1.807) is 6.07 Å². The number of pyridine rings is 1. The summed E-state index contributed by atoms with van der Waals surface area (Å²) in [4.78, 5) is 29.7. The smallest absolute Gasteiger partial charge is 0.273 e. The Morgan fingerprint density at radius 1 is 1.38 bits per heavy atom. The van der Waals surface area contributed by atoms with Crippen molar-refractivity contribution < 1.29 is 9.59 Å². The lowest BCUT2D eigenvalue weighted by Gasteiger charge is -2.26. The van der Waals surface area contributed by atoms with Crippen molar-refractivity contribution >= 4 is 28.4 Å². The van der Waals surface area contributed by atoms with Gasteiger partial charge in [0, 0.05) is 18.5 Å². The fourth-order valence-corrected chi connectivity index (χ4v) is 2.38. The average molecular weight is 285 g/mol. The molecule has 1 aromatic carbocycles. The van der Waals surface area contributed by atoms with E-state index in [1.807, 2.05) is 24.3 Å². The van der Waals surface area contributed by atoms with Crippen LogP contribution in [0.4, 0.5) is 5.69 Å². The van der Waals surface area contributed by atoms with E-state index in [-0.39, 0.29) is 24.1 Å². The molecule has 3 rings (SSSR count). The number of aromatic nitrogens is 1. The highest BCUT2D eigenvalue weighted by Gasteiger charge is 2.23. The van der Waals surface area contributed by atoms with Gasteiger partial charge in [0.05, 0.1) is 17.7 Å². The number of piperazine rings is 1. The second-order valence-electron chi connectivity index (χ2n) is 4.79. The van der Waals surface area contributed by atoms with Crippen LogP contribution in [0.1, 0.15) is 10.5 Å². The Labute approximate surface area is 121 Å². The molecule has 2 aromatic rings. The van der Waals surface area contributed by atoms with Gasteiger partial charge in [0.15, 0.2) is 0 Å². The third kappa shape index (κ3) is 2.50. The number of para-hydroxylation sites is 1. The van der Waals surface area contributed by atoms with E-state index in [9.17, 15) is 9.59 Å². The molecule has 2 heterocycles. The number of hydrogen-bond acceptors (Lipinski definition) is 5. The second kappa shape index (κ2) is 5.37. The largest absolute Gasteiger partial charge is 0.353 e. The normalized spacial score (nSPS) is 14.9. The molecule has 4 N–H and O–H groups in total. The molecule has 108 valence electrons. The minimum absolute atomic E-state index is 0.0543. The molecule has 0 spiro atoms. The van der Waals surface area contributed by atoms with Gasteiger partial charge in [0.2, 0.25) is 5.91 Å². The number of rotatable bonds is 2. The molecule has 1 aromatic heterocycles. The van der Waals surface area contributed by atoms with Crippen molar-refractivity contribution in [3.8, 4) is 0 Å². The molecule has 0 aliphatic carbocycles. The Hall–Kier alpha value is -2.67. The first-order valence-electron chi connectivity index (χ1n) is 6.61. The average Bonchev–Trinajstić information content (AvgIpc) is 2.53. The van der Waals surface area contributed by atoms with Crippen molar-refractivity contribution in [2.45, 2.75) is 0 Å². The number of nitrogens with two attached hydrogens (primary N) is 1. The zero-order valence-corrected chi connectivity index (χ0v) is 11.3. The van der Waals surface area contributed by atoms with E-state index < -0.39 is 0 Å². The Kier molecular flexibility index (Phi) is 3.41. The van der Waals surface area contributed by atoms with Gasteiger partial charge in [-0.3, -0.25) is 15.4 Å². The van der Waals surface area contributed by atoms with Crippen LogP contribution >= 0.6 is 0 Å². The number of fused-ring (bicyclic) bond motifs is 1. The molecular formula is C14H15N5O2. The monoisotopic (exact) mass is 285 g/mol. The molecule has 1 aliphatic heterocycles. The third-order valence-electron chi connectivity index (χ3n) is 3.42. The van der Waals surface area contributed by atoms with Crippen LogP contribution in [0.5, 0.6) is 0 Å². The molecule has 7 nitrogen and oxygen atoms in total. The van der Waals surface area contributed by atoms with Crippen molar-refractivity contribution in [3.63, 3.8) is 0 Å². The number of hydrogen-bond donors (Lipinski definition) is 3. The van der Waals surface area contributed by atoms with Crippen molar-refractivity contribution in [3.05, 3.63) is 36.0 Å². The van der Waals surface area contributed by atoms with Crippen LogP contribution in [-0.4, -0.2) is 41.3 Å². The highest BCUT2D eigenvalue weighted by atomic mass is 16.2. The van der Waals surface area contributed by atoms with Gasteiger partial charge in [-0.1, -0.05) is 18.2 Å². The summed E-state index contributed by atoms with van der Waals surface area (Å²) in [5, 5.41) is 3.53. The van der Waals surface area contributed by atoms with Crippen molar-refractivity contribution in [2.24, 2.45) is 5.84 Å². The van der Waals surface area contributed by atoms with Crippen LogP contribution in [-0.2, 0) is 4.79 Å². The Bertz CT molecular complexity index is 716. The second-order valence-corrected chi connectivity index (χ2v) is 4.79. The number of nitrogens with zero attached hydrogens (tertiary/aromatic N) is 2. The summed E-state index contributed by atoms with van der Waals surface area (Å²) in [6, 6.07) is 9.02. The van der Waals surface area contributed by atoms with Crippen LogP contribution < -0.4 is 16.6 Å². The van der Waals surface area contributed by atoms with E-state index in [1.165, 1.54) is 4.90 Å². The van der Waals surface area contributed by atoms with Gasteiger partial charge in [-0.25, -0.2) is 4.98 Å².